The summed E-state index contributed by atoms with van der Waals surface area (Å²) in [5.74, 6) is 0.433. The molecule has 0 aliphatic heterocycles. The maximum atomic E-state index is 5.55. The molecule has 14 heavy (non-hydrogen) atoms. The molecule has 0 aliphatic carbocycles. The van der Waals surface area contributed by atoms with Crippen molar-refractivity contribution in [1.82, 2.24) is 14.6 Å². The van der Waals surface area contributed by atoms with Crippen LogP contribution >= 0.6 is 0 Å². The van der Waals surface area contributed by atoms with Gasteiger partial charge in [-0.2, -0.15) is 5.10 Å². The molecule has 2 heterocycles. The standard InChI is InChI=1S/C10H14N4/c1-7(2)8-3-4-10-9(5-11)12-6-14(10)13-8/h3-4,6-7H,5,11H2,1-2H3. The summed E-state index contributed by atoms with van der Waals surface area (Å²) in [5.41, 5.74) is 8.52. The van der Waals surface area contributed by atoms with Gasteiger partial charge in [0.2, 0.25) is 0 Å². The van der Waals surface area contributed by atoms with E-state index in [1.165, 1.54) is 0 Å². The van der Waals surface area contributed by atoms with Crippen molar-refractivity contribution in [2.75, 3.05) is 0 Å². The fourth-order valence-corrected chi connectivity index (χ4v) is 1.42. The molecule has 0 spiro atoms. The van der Waals surface area contributed by atoms with Gasteiger partial charge in [-0.25, -0.2) is 9.50 Å². The average Bonchev–Trinajstić information content (AvgIpc) is 2.59. The highest BCUT2D eigenvalue weighted by Gasteiger charge is 2.05. The molecule has 0 aliphatic rings. The van der Waals surface area contributed by atoms with E-state index < -0.39 is 0 Å². The molecular formula is C10H14N4. The number of aromatic nitrogens is 3. The van der Waals surface area contributed by atoms with Crippen molar-refractivity contribution in [3.05, 3.63) is 29.8 Å². The third-order valence-electron chi connectivity index (χ3n) is 2.29. The van der Waals surface area contributed by atoms with Crippen molar-refractivity contribution in [3.8, 4) is 0 Å². The van der Waals surface area contributed by atoms with Gasteiger partial charge in [-0.1, -0.05) is 13.8 Å². The molecule has 0 unspecified atom stereocenters. The molecule has 4 nitrogen and oxygen atoms in total. The highest BCUT2D eigenvalue weighted by molar-refractivity contribution is 5.50. The molecule has 0 bridgehead atoms. The second-order valence-electron chi connectivity index (χ2n) is 3.64. The Bertz CT molecular complexity index is 444. The lowest BCUT2D eigenvalue weighted by Crippen LogP contribution is -2.00. The van der Waals surface area contributed by atoms with E-state index in [0.29, 0.717) is 12.5 Å². The van der Waals surface area contributed by atoms with Gasteiger partial charge in [0.05, 0.1) is 16.9 Å². The van der Waals surface area contributed by atoms with Crippen molar-refractivity contribution in [2.24, 2.45) is 5.73 Å². The predicted molar refractivity (Wildman–Crippen MR) is 55.0 cm³/mol. The molecule has 0 aromatic carbocycles. The molecule has 0 amide bonds. The second kappa shape index (κ2) is 3.38. The lowest BCUT2D eigenvalue weighted by molar-refractivity contribution is 0.762. The van der Waals surface area contributed by atoms with Crippen molar-refractivity contribution < 1.29 is 0 Å². The number of rotatable bonds is 2. The molecule has 0 radical (unpaired) electrons. The largest absolute Gasteiger partial charge is 0.325 e. The predicted octanol–water partition coefficient (Wildman–Crippen LogP) is 1.31. The maximum Gasteiger partial charge on any atom is 0.118 e. The van der Waals surface area contributed by atoms with Gasteiger partial charge in [-0.15, -0.1) is 0 Å². The van der Waals surface area contributed by atoms with Crippen LogP contribution in [0.5, 0.6) is 0 Å². The van der Waals surface area contributed by atoms with Crippen molar-refractivity contribution in [1.29, 1.82) is 0 Å². The Hall–Kier alpha value is -1.42. The minimum absolute atomic E-state index is 0.433. The van der Waals surface area contributed by atoms with Crippen LogP contribution in [-0.4, -0.2) is 14.6 Å². The van der Waals surface area contributed by atoms with Crippen molar-refractivity contribution in [2.45, 2.75) is 26.3 Å². The van der Waals surface area contributed by atoms with Crippen LogP contribution in [0.1, 0.15) is 31.2 Å². The van der Waals surface area contributed by atoms with Crippen LogP contribution in [-0.2, 0) is 6.54 Å². The van der Waals surface area contributed by atoms with E-state index in [-0.39, 0.29) is 0 Å². The Morgan fingerprint density at radius 2 is 2.21 bits per heavy atom. The van der Waals surface area contributed by atoms with E-state index in [1.54, 1.807) is 10.8 Å². The molecule has 2 N–H and O–H groups in total. The van der Waals surface area contributed by atoms with E-state index in [1.807, 2.05) is 12.1 Å². The van der Waals surface area contributed by atoms with Crippen LogP contribution in [0, 0.1) is 0 Å². The summed E-state index contributed by atoms with van der Waals surface area (Å²) in [7, 11) is 0. The molecule has 0 saturated carbocycles. The fourth-order valence-electron chi connectivity index (χ4n) is 1.42. The zero-order chi connectivity index (χ0) is 10.1. The van der Waals surface area contributed by atoms with Crippen LogP contribution in [0.2, 0.25) is 0 Å². The molecule has 2 aromatic rings. The number of nitrogens with two attached hydrogens (primary N) is 1. The van der Waals surface area contributed by atoms with Gasteiger partial charge >= 0.3 is 0 Å². The van der Waals surface area contributed by atoms with Gasteiger partial charge in [0.1, 0.15) is 6.33 Å². The highest BCUT2D eigenvalue weighted by atomic mass is 15.2. The number of nitrogens with zero attached hydrogens (tertiary/aromatic N) is 3. The van der Waals surface area contributed by atoms with Gasteiger partial charge < -0.3 is 5.73 Å². The topological polar surface area (TPSA) is 56.2 Å². The van der Waals surface area contributed by atoms with Crippen molar-refractivity contribution >= 4 is 5.52 Å². The first-order valence-electron chi connectivity index (χ1n) is 4.75. The third kappa shape index (κ3) is 1.37. The quantitative estimate of drug-likeness (QED) is 0.776. The van der Waals surface area contributed by atoms with E-state index in [9.17, 15) is 0 Å². The molecular weight excluding hydrogens is 176 g/mol. The average molecular weight is 190 g/mol. The van der Waals surface area contributed by atoms with Gasteiger partial charge in [-0.3, -0.25) is 0 Å². The molecule has 74 valence electrons. The summed E-state index contributed by atoms with van der Waals surface area (Å²) in [4.78, 5) is 4.19. The van der Waals surface area contributed by atoms with Crippen LogP contribution in [0.4, 0.5) is 0 Å². The molecule has 2 rings (SSSR count). The summed E-state index contributed by atoms with van der Waals surface area (Å²) in [6.45, 7) is 4.70. The minimum atomic E-state index is 0.433. The van der Waals surface area contributed by atoms with E-state index >= 15 is 0 Å². The minimum Gasteiger partial charge on any atom is -0.325 e. The van der Waals surface area contributed by atoms with E-state index in [2.05, 4.69) is 23.9 Å². The smallest absolute Gasteiger partial charge is 0.118 e. The summed E-state index contributed by atoms with van der Waals surface area (Å²) in [5, 5.41) is 4.44. The SMILES string of the molecule is CC(C)c1ccc2c(CN)ncn2n1. The summed E-state index contributed by atoms with van der Waals surface area (Å²) < 4.78 is 1.79. The lowest BCUT2D eigenvalue weighted by atomic mass is 10.1. The first-order chi connectivity index (χ1) is 6.72. The number of fused-ring (bicyclic) bond motifs is 1. The second-order valence-corrected chi connectivity index (χ2v) is 3.64. The first kappa shape index (κ1) is 9.15. The molecule has 2 aromatic heterocycles. The zero-order valence-electron chi connectivity index (χ0n) is 8.44. The number of hydrogen-bond donors (Lipinski definition) is 1. The fraction of sp³-hybridized carbons (Fsp3) is 0.400. The number of imidazole rings is 1. The zero-order valence-corrected chi connectivity index (χ0v) is 8.44. The molecule has 4 heteroatoms. The summed E-state index contributed by atoms with van der Waals surface area (Å²) >= 11 is 0. The summed E-state index contributed by atoms with van der Waals surface area (Å²) in [6, 6.07) is 4.05. The Kier molecular flexibility index (Phi) is 2.21. The highest BCUT2D eigenvalue weighted by Crippen LogP contribution is 2.13. The van der Waals surface area contributed by atoms with Crippen molar-refractivity contribution in [3.63, 3.8) is 0 Å². The van der Waals surface area contributed by atoms with Gasteiger partial charge in [-0.05, 0) is 18.1 Å². The van der Waals surface area contributed by atoms with Crippen LogP contribution in [0.3, 0.4) is 0 Å². The molecule has 0 saturated heterocycles. The maximum absolute atomic E-state index is 5.55. The third-order valence-corrected chi connectivity index (χ3v) is 2.29. The van der Waals surface area contributed by atoms with Crippen LogP contribution in [0.15, 0.2) is 18.5 Å². The van der Waals surface area contributed by atoms with Crippen LogP contribution < -0.4 is 5.73 Å². The first-order valence-corrected chi connectivity index (χ1v) is 4.75. The van der Waals surface area contributed by atoms with Gasteiger partial charge in [0.15, 0.2) is 0 Å². The molecule has 0 atom stereocenters. The van der Waals surface area contributed by atoms with E-state index in [4.69, 9.17) is 5.73 Å². The Morgan fingerprint density at radius 1 is 1.43 bits per heavy atom. The monoisotopic (exact) mass is 190 g/mol. The van der Waals surface area contributed by atoms with Gasteiger partial charge in [0.25, 0.3) is 0 Å². The van der Waals surface area contributed by atoms with E-state index in [0.717, 1.165) is 16.9 Å². The Labute approximate surface area is 82.8 Å². The van der Waals surface area contributed by atoms with Crippen LogP contribution in [0.25, 0.3) is 5.52 Å². The van der Waals surface area contributed by atoms with Gasteiger partial charge in [0, 0.05) is 6.54 Å². The Morgan fingerprint density at radius 3 is 2.86 bits per heavy atom. The normalized spacial score (nSPS) is 11.4. The number of hydrogen-bond acceptors (Lipinski definition) is 3. The summed E-state index contributed by atoms with van der Waals surface area (Å²) in [6.07, 6.45) is 1.71. The molecule has 0 fully saturated rings. The lowest BCUT2D eigenvalue weighted by Gasteiger charge is -2.04. The Balaban J connectivity index is 2.57.